The van der Waals surface area contributed by atoms with Gasteiger partial charge in [-0.15, -0.1) is 0 Å². The third-order valence-electron chi connectivity index (χ3n) is 2.93. The maximum Gasteiger partial charge on any atom is 0.411 e. The molecule has 0 bridgehead atoms. The van der Waals surface area contributed by atoms with E-state index in [-0.39, 0.29) is 6.61 Å². The molecular formula is C17H16INO4. The lowest BCUT2D eigenvalue weighted by Crippen LogP contribution is -2.15. The minimum absolute atomic E-state index is 0.181. The second-order valence-corrected chi connectivity index (χ2v) is 5.76. The molecule has 0 aliphatic heterocycles. The number of hydrogen-bond donors (Lipinski definition) is 1. The molecule has 120 valence electrons. The van der Waals surface area contributed by atoms with Crippen molar-refractivity contribution in [1.29, 1.82) is 0 Å². The van der Waals surface area contributed by atoms with Gasteiger partial charge in [0.05, 0.1) is 17.9 Å². The van der Waals surface area contributed by atoms with E-state index >= 15 is 0 Å². The first-order valence-electron chi connectivity index (χ1n) is 7.04. The van der Waals surface area contributed by atoms with Gasteiger partial charge >= 0.3 is 12.1 Å². The molecule has 6 heteroatoms. The summed E-state index contributed by atoms with van der Waals surface area (Å²) in [5, 5.41) is 2.64. The van der Waals surface area contributed by atoms with Crippen LogP contribution in [0.3, 0.4) is 0 Å². The molecule has 0 heterocycles. The molecular weight excluding hydrogens is 409 g/mol. The van der Waals surface area contributed by atoms with Crippen LogP contribution in [0, 0.1) is 3.57 Å². The zero-order valence-corrected chi connectivity index (χ0v) is 14.7. The van der Waals surface area contributed by atoms with Gasteiger partial charge in [0.15, 0.2) is 0 Å². The first-order chi connectivity index (χ1) is 11.1. The second-order valence-electron chi connectivity index (χ2n) is 4.60. The fourth-order valence-corrected chi connectivity index (χ4v) is 2.30. The largest absolute Gasteiger partial charge is 0.462 e. The number of rotatable bonds is 5. The van der Waals surface area contributed by atoms with E-state index < -0.39 is 12.1 Å². The molecule has 0 fully saturated rings. The molecule has 0 saturated carbocycles. The van der Waals surface area contributed by atoms with E-state index in [1.165, 1.54) is 0 Å². The highest BCUT2D eigenvalue weighted by atomic mass is 127. The molecule has 1 N–H and O–H groups in total. The number of amides is 1. The van der Waals surface area contributed by atoms with Crippen molar-refractivity contribution in [3.8, 4) is 0 Å². The average molecular weight is 425 g/mol. The Morgan fingerprint density at radius 1 is 1.09 bits per heavy atom. The molecule has 0 saturated heterocycles. The smallest absolute Gasteiger partial charge is 0.411 e. The third kappa shape index (κ3) is 5.24. The van der Waals surface area contributed by atoms with E-state index in [0.717, 1.165) is 9.13 Å². The summed E-state index contributed by atoms with van der Waals surface area (Å²) < 4.78 is 10.9. The summed E-state index contributed by atoms with van der Waals surface area (Å²) in [7, 11) is 0. The van der Waals surface area contributed by atoms with E-state index in [4.69, 9.17) is 9.47 Å². The highest BCUT2D eigenvalue weighted by Gasteiger charge is 2.12. The van der Waals surface area contributed by atoms with Gasteiger partial charge in [0.25, 0.3) is 0 Å². The monoisotopic (exact) mass is 425 g/mol. The van der Waals surface area contributed by atoms with Gasteiger partial charge in [-0.25, -0.2) is 9.59 Å². The fraction of sp³-hybridized carbons (Fsp3) is 0.176. The Kier molecular flexibility index (Phi) is 6.40. The molecule has 0 aliphatic rings. The number of anilines is 1. The molecule has 23 heavy (non-hydrogen) atoms. The minimum Gasteiger partial charge on any atom is -0.462 e. The van der Waals surface area contributed by atoms with E-state index in [1.807, 2.05) is 30.3 Å². The average Bonchev–Trinajstić information content (AvgIpc) is 2.56. The number of hydrogen-bond acceptors (Lipinski definition) is 4. The predicted octanol–water partition coefficient (Wildman–Crippen LogP) is 4.22. The van der Waals surface area contributed by atoms with Crippen LogP contribution in [0.1, 0.15) is 22.8 Å². The lowest BCUT2D eigenvalue weighted by atomic mass is 10.2. The van der Waals surface area contributed by atoms with Crippen molar-refractivity contribution < 1.29 is 19.1 Å². The Balaban J connectivity index is 1.99. The normalized spacial score (nSPS) is 10.0. The lowest BCUT2D eigenvalue weighted by molar-refractivity contribution is 0.0526. The first-order valence-corrected chi connectivity index (χ1v) is 8.12. The molecule has 0 unspecified atom stereocenters. The number of nitrogens with one attached hydrogen (secondary N) is 1. The van der Waals surface area contributed by atoms with Gasteiger partial charge < -0.3 is 9.47 Å². The van der Waals surface area contributed by atoms with Crippen molar-refractivity contribution in [3.63, 3.8) is 0 Å². The number of halogens is 1. The molecule has 5 nitrogen and oxygen atoms in total. The van der Waals surface area contributed by atoms with Crippen LogP contribution in [0.5, 0.6) is 0 Å². The van der Waals surface area contributed by atoms with E-state index in [0.29, 0.717) is 17.9 Å². The van der Waals surface area contributed by atoms with Crippen molar-refractivity contribution in [2.24, 2.45) is 0 Å². The third-order valence-corrected chi connectivity index (χ3v) is 3.87. The van der Waals surface area contributed by atoms with Crippen molar-refractivity contribution in [2.75, 3.05) is 11.9 Å². The summed E-state index contributed by atoms with van der Waals surface area (Å²) in [6.45, 7) is 2.22. The minimum atomic E-state index is -0.576. The van der Waals surface area contributed by atoms with Crippen LogP contribution in [-0.2, 0) is 16.1 Å². The molecule has 1 amide bonds. The van der Waals surface area contributed by atoms with Crippen molar-refractivity contribution in [2.45, 2.75) is 13.5 Å². The van der Waals surface area contributed by atoms with Crippen molar-refractivity contribution in [3.05, 3.63) is 63.2 Å². The second kappa shape index (κ2) is 8.52. The molecule has 0 aromatic heterocycles. The lowest BCUT2D eigenvalue weighted by Gasteiger charge is -2.10. The summed E-state index contributed by atoms with van der Waals surface area (Å²) in [6.07, 6.45) is -0.576. The van der Waals surface area contributed by atoms with Crippen LogP contribution < -0.4 is 5.32 Å². The molecule has 0 aliphatic carbocycles. The number of ether oxygens (including phenoxy) is 2. The summed E-state index contributed by atoms with van der Waals surface area (Å²) in [5.41, 5.74) is 1.79. The summed E-state index contributed by atoms with van der Waals surface area (Å²) in [6, 6.07) is 14.4. The first kappa shape index (κ1) is 17.3. The topological polar surface area (TPSA) is 64.6 Å². The van der Waals surface area contributed by atoms with Crippen LogP contribution in [-0.4, -0.2) is 18.7 Å². The summed E-state index contributed by atoms with van der Waals surface area (Å²) >= 11 is 2.07. The van der Waals surface area contributed by atoms with Crippen LogP contribution in [0.4, 0.5) is 10.5 Å². The number of esters is 1. The summed E-state index contributed by atoms with van der Waals surface area (Å²) in [5.74, 6) is -0.426. The van der Waals surface area contributed by atoms with E-state index in [9.17, 15) is 9.59 Å². The van der Waals surface area contributed by atoms with Gasteiger partial charge in [-0.3, -0.25) is 5.32 Å². The number of carbonyl (C=O) groups is 2. The Hall–Kier alpha value is -2.09. The van der Waals surface area contributed by atoms with Gasteiger partial charge in [-0.2, -0.15) is 0 Å². The standard InChI is InChI=1S/C17H16INO4/c1-2-22-16(20)13-8-9-14(18)15(10-13)19-17(21)23-11-12-6-4-3-5-7-12/h3-10H,2,11H2,1H3,(H,19,21). The van der Waals surface area contributed by atoms with Crippen LogP contribution in [0.2, 0.25) is 0 Å². The molecule has 0 atom stereocenters. The maximum atomic E-state index is 11.9. The number of benzene rings is 2. The van der Waals surface area contributed by atoms with Crippen LogP contribution >= 0.6 is 22.6 Å². The van der Waals surface area contributed by atoms with Crippen LogP contribution in [0.25, 0.3) is 0 Å². The number of carbonyl (C=O) groups excluding carboxylic acids is 2. The van der Waals surface area contributed by atoms with E-state index in [1.54, 1.807) is 25.1 Å². The van der Waals surface area contributed by atoms with Gasteiger partial charge in [-0.05, 0) is 53.3 Å². The van der Waals surface area contributed by atoms with Gasteiger partial charge in [0, 0.05) is 3.57 Å². The Morgan fingerprint density at radius 2 is 1.83 bits per heavy atom. The zero-order chi connectivity index (χ0) is 16.7. The molecule has 0 radical (unpaired) electrons. The zero-order valence-electron chi connectivity index (χ0n) is 12.5. The Morgan fingerprint density at radius 3 is 2.52 bits per heavy atom. The molecule has 2 rings (SSSR count). The summed E-state index contributed by atoms with van der Waals surface area (Å²) in [4.78, 5) is 23.6. The Bertz CT molecular complexity index is 688. The fourth-order valence-electron chi connectivity index (χ4n) is 1.83. The highest BCUT2D eigenvalue weighted by Crippen LogP contribution is 2.21. The van der Waals surface area contributed by atoms with Crippen molar-refractivity contribution >= 4 is 40.3 Å². The quantitative estimate of drug-likeness (QED) is 0.576. The Labute approximate surface area is 148 Å². The van der Waals surface area contributed by atoms with Crippen LogP contribution in [0.15, 0.2) is 48.5 Å². The van der Waals surface area contributed by atoms with Gasteiger partial charge in [0.2, 0.25) is 0 Å². The molecule has 2 aromatic rings. The predicted molar refractivity (Wildman–Crippen MR) is 95.4 cm³/mol. The molecule has 0 spiro atoms. The SMILES string of the molecule is CCOC(=O)c1ccc(I)c(NC(=O)OCc2ccccc2)c1. The highest BCUT2D eigenvalue weighted by molar-refractivity contribution is 14.1. The van der Waals surface area contributed by atoms with E-state index in [2.05, 4.69) is 27.9 Å². The van der Waals surface area contributed by atoms with Gasteiger partial charge in [0.1, 0.15) is 6.61 Å². The molecule has 2 aromatic carbocycles. The maximum absolute atomic E-state index is 11.9. The van der Waals surface area contributed by atoms with Gasteiger partial charge in [-0.1, -0.05) is 30.3 Å². The van der Waals surface area contributed by atoms with Crippen molar-refractivity contribution in [1.82, 2.24) is 0 Å².